The lowest BCUT2D eigenvalue weighted by Crippen LogP contribution is -2.21. The first kappa shape index (κ1) is 53.0. The average Bonchev–Trinajstić information content (AvgIpc) is 4.19. The number of hydrogen-bond donors (Lipinski definition) is 0. The van der Waals surface area contributed by atoms with Crippen molar-refractivity contribution < 1.29 is 28.8 Å². The number of ether oxygens (including phenoxy) is 3. The lowest BCUT2D eigenvalue weighted by atomic mass is 9.75. The molecule has 6 heteroatoms. The highest BCUT2D eigenvalue weighted by Crippen LogP contribution is 2.57. The second kappa shape index (κ2) is 26.1. The van der Waals surface area contributed by atoms with E-state index in [1.807, 2.05) is 30.4 Å². The van der Waals surface area contributed by atoms with Gasteiger partial charge in [0.2, 0.25) is 0 Å². The summed E-state index contributed by atoms with van der Waals surface area (Å²) in [4.78, 5) is 26.0. The number of esters is 1. The number of carbonyl (C=O) groups is 1. The first-order chi connectivity index (χ1) is 38.0. The van der Waals surface area contributed by atoms with Crippen LogP contribution < -0.4 is 19.1 Å². The van der Waals surface area contributed by atoms with Gasteiger partial charge in [0.05, 0.1) is 13.2 Å². The molecule has 1 atom stereocenters. The molecule has 394 valence electrons. The molecule has 2 aliphatic carbocycles. The van der Waals surface area contributed by atoms with E-state index < -0.39 is 5.97 Å². The molecular formula is C71H74O6. The Labute approximate surface area is 456 Å². The van der Waals surface area contributed by atoms with Crippen molar-refractivity contribution in [2.75, 3.05) is 19.8 Å². The molecule has 2 aliphatic rings. The van der Waals surface area contributed by atoms with E-state index in [-0.39, 0.29) is 12.0 Å². The number of carbonyl (C=O) groups excluding carboxylic acids is 1. The fourth-order valence-electron chi connectivity index (χ4n) is 11.7. The monoisotopic (exact) mass is 1020 g/mol. The van der Waals surface area contributed by atoms with Crippen LogP contribution in [0.15, 0.2) is 170 Å². The Morgan fingerprint density at radius 2 is 0.961 bits per heavy atom. The van der Waals surface area contributed by atoms with Gasteiger partial charge in [-0.25, -0.2) is 4.79 Å². The molecule has 10 rings (SSSR count). The highest BCUT2D eigenvalue weighted by molar-refractivity contribution is 5.92. The summed E-state index contributed by atoms with van der Waals surface area (Å²) >= 11 is 0. The van der Waals surface area contributed by atoms with Gasteiger partial charge in [-0.2, -0.15) is 4.89 Å². The maximum atomic E-state index is 13.8. The summed E-state index contributed by atoms with van der Waals surface area (Å²) in [5.74, 6) is 2.59. The van der Waals surface area contributed by atoms with Crippen molar-refractivity contribution >= 4 is 39.7 Å². The molecule has 0 heterocycles. The van der Waals surface area contributed by atoms with E-state index in [1.165, 1.54) is 97.9 Å². The van der Waals surface area contributed by atoms with Crippen molar-refractivity contribution in [2.24, 2.45) is 0 Å². The van der Waals surface area contributed by atoms with Crippen molar-refractivity contribution in [1.29, 1.82) is 0 Å². The van der Waals surface area contributed by atoms with Gasteiger partial charge in [-0.3, -0.25) is 0 Å². The van der Waals surface area contributed by atoms with E-state index in [1.54, 1.807) is 0 Å². The molecule has 0 N–H and O–H groups in total. The first-order valence-corrected chi connectivity index (χ1v) is 28.6. The SMILES string of the molecule is CCCCCCCCOc1ccc2cc(C=CCOOc3cc(-c4ccccc4)c4c(c3)C3(CC4)CCc4c(-c5ccccc5)cc(OC(=O)C=Cc5ccc6cc(OCCCCCCCC)ccc6c5)cc43)ccc2c1. The van der Waals surface area contributed by atoms with E-state index in [0.717, 1.165) is 113 Å². The molecule has 8 aromatic carbocycles. The molecule has 6 nitrogen and oxygen atoms in total. The Balaban J connectivity index is 0.840. The third-order valence-electron chi connectivity index (χ3n) is 15.7. The summed E-state index contributed by atoms with van der Waals surface area (Å²) < 4.78 is 18.5. The van der Waals surface area contributed by atoms with Crippen molar-refractivity contribution in [3.05, 3.63) is 203 Å². The van der Waals surface area contributed by atoms with Gasteiger partial charge in [0.15, 0.2) is 5.75 Å². The van der Waals surface area contributed by atoms with Crippen LogP contribution in [0.25, 0.3) is 56.0 Å². The van der Waals surface area contributed by atoms with Crippen molar-refractivity contribution in [2.45, 2.75) is 122 Å². The van der Waals surface area contributed by atoms with Gasteiger partial charge >= 0.3 is 5.97 Å². The van der Waals surface area contributed by atoms with Crippen LogP contribution in [0, 0.1) is 0 Å². The lowest BCUT2D eigenvalue weighted by molar-refractivity contribution is -0.195. The van der Waals surface area contributed by atoms with Crippen LogP contribution in [0.4, 0.5) is 0 Å². The summed E-state index contributed by atoms with van der Waals surface area (Å²) in [6.45, 7) is 6.26. The number of hydrogen-bond acceptors (Lipinski definition) is 6. The lowest BCUT2D eigenvalue weighted by Gasteiger charge is -2.28. The molecule has 0 amide bonds. The zero-order valence-corrected chi connectivity index (χ0v) is 45.2. The molecule has 0 aromatic heterocycles. The number of rotatable bonds is 26. The van der Waals surface area contributed by atoms with Crippen LogP contribution in [-0.2, 0) is 27.9 Å². The minimum Gasteiger partial charge on any atom is -0.494 e. The number of unbranched alkanes of at least 4 members (excludes halogenated alkanes) is 10. The van der Waals surface area contributed by atoms with Crippen molar-refractivity contribution in [3.63, 3.8) is 0 Å². The molecule has 0 saturated heterocycles. The molecule has 1 unspecified atom stereocenters. The number of fused-ring (bicyclic) bond motifs is 6. The fraction of sp³-hybridized carbons (Fsp3) is 0.310. The molecular weight excluding hydrogens is 949 g/mol. The Kier molecular flexibility index (Phi) is 18.0. The smallest absolute Gasteiger partial charge is 0.336 e. The largest absolute Gasteiger partial charge is 0.494 e. The molecule has 0 fully saturated rings. The minimum absolute atomic E-state index is 0.273. The summed E-state index contributed by atoms with van der Waals surface area (Å²) in [6.07, 6.45) is 26.0. The van der Waals surface area contributed by atoms with E-state index in [4.69, 9.17) is 24.0 Å². The maximum Gasteiger partial charge on any atom is 0.336 e. The summed E-state index contributed by atoms with van der Waals surface area (Å²) in [7, 11) is 0. The van der Waals surface area contributed by atoms with Gasteiger partial charge in [0.25, 0.3) is 0 Å². The predicted molar refractivity (Wildman–Crippen MR) is 317 cm³/mol. The highest BCUT2D eigenvalue weighted by Gasteiger charge is 2.47. The Morgan fingerprint density at radius 1 is 0.481 bits per heavy atom. The maximum absolute atomic E-state index is 13.8. The molecule has 0 saturated carbocycles. The molecule has 0 radical (unpaired) electrons. The minimum atomic E-state index is -0.423. The second-order valence-corrected chi connectivity index (χ2v) is 21.1. The Bertz CT molecular complexity index is 3310. The van der Waals surface area contributed by atoms with E-state index >= 15 is 0 Å². The highest BCUT2D eigenvalue weighted by atomic mass is 17.2. The van der Waals surface area contributed by atoms with Crippen LogP contribution in [0.5, 0.6) is 23.0 Å². The summed E-state index contributed by atoms with van der Waals surface area (Å²) in [5.41, 5.74) is 11.3. The third-order valence-corrected chi connectivity index (χ3v) is 15.7. The second-order valence-electron chi connectivity index (χ2n) is 21.1. The quantitative estimate of drug-likeness (QED) is 0.0134. The summed E-state index contributed by atoms with van der Waals surface area (Å²) in [6, 6.07) is 54.8. The van der Waals surface area contributed by atoms with Crippen molar-refractivity contribution in [3.8, 4) is 45.3 Å². The van der Waals surface area contributed by atoms with Gasteiger partial charge in [0.1, 0.15) is 23.9 Å². The summed E-state index contributed by atoms with van der Waals surface area (Å²) in [5, 5.41) is 4.51. The van der Waals surface area contributed by atoms with Gasteiger partial charge in [0, 0.05) is 11.5 Å². The fourth-order valence-corrected chi connectivity index (χ4v) is 11.7. The number of benzene rings is 8. The molecule has 8 aromatic rings. The van der Waals surface area contributed by atoms with Gasteiger partial charge in [-0.15, -0.1) is 0 Å². The topological polar surface area (TPSA) is 63.2 Å². The van der Waals surface area contributed by atoms with Crippen molar-refractivity contribution in [1.82, 2.24) is 0 Å². The van der Waals surface area contributed by atoms with Crippen LogP contribution in [-0.4, -0.2) is 25.8 Å². The predicted octanol–water partition coefficient (Wildman–Crippen LogP) is 18.6. The third kappa shape index (κ3) is 13.2. The van der Waals surface area contributed by atoms with Crippen LogP contribution in [0.1, 0.15) is 137 Å². The molecule has 1 spiro atoms. The van der Waals surface area contributed by atoms with E-state index in [9.17, 15) is 4.79 Å². The van der Waals surface area contributed by atoms with Gasteiger partial charge < -0.3 is 19.1 Å². The Morgan fingerprint density at radius 3 is 1.52 bits per heavy atom. The zero-order chi connectivity index (χ0) is 52.7. The van der Waals surface area contributed by atoms with Crippen LogP contribution in [0.3, 0.4) is 0 Å². The molecule has 77 heavy (non-hydrogen) atoms. The average molecular weight is 1020 g/mol. The Hall–Kier alpha value is -7.41. The molecule has 0 aliphatic heterocycles. The zero-order valence-electron chi connectivity index (χ0n) is 45.2. The van der Waals surface area contributed by atoms with Crippen LogP contribution in [0.2, 0.25) is 0 Å². The molecule has 0 bridgehead atoms. The van der Waals surface area contributed by atoms with Crippen LogP contribution >= 0.6 is 0 Å². The normalized spacial score (nSPS) is 14.7. The standard InChI is InChI=1S/C71H74O6/c1-3-5-7-9-11-19-41-73-60-34-32-56-44-52(27-30-58(56)46-60)22-21-43-75-77-63-49-67(55-25-17-14-18-26-55)65-38-40-71(69(65)51-63)39-37-64-66(54-23-15-13-16-24-54)48-62(50-68(64)71)76-70(72)36-29-53-28-31-59-47-61(35-33-57(59)45-53)74-42-20-12-10-8-6-4-2/h13-18,21-36,44-51H,3-12,19-20,37-43H2,1-2H3. The van der Waals surface area contributed by atoms with E-state index in [0.29, 0.717) is 11.5 Å². The van der Waals surface area contributed by atoms with Gasteiger partial charge in [-0.05, 0) is 182 Å². The van der Waals surface area contributed by atoms with E-state index in [2.05, 4.69) is 159 Å². The van der Waals surface area contributed by atoms with Gasteiger partial charge in [-0.1, -0.05) is 187 Å². The first-order valence-electron chi connectivity index (χ1n) is 28.6.